The number of nitrogens with zero attached hydrogens (tertiary/aromatic N) is 3. The van der Waals surface area contributed by atoms with E-state index in [0.717, 1.165) is 10.6 Å². The minimum atomic E-state index is -2.86. The molecule has 0 amide bonds. The lowest BCUT2D eigenvalue weighted by molar-refractivity contribution is -0.0500. The van der Waals surface area contributed by atoms with Gasteiger partial charge in [0.05, 0.1) is 18.4 Å². The van der Waals surface area contributed by atoms with Gasteiger partial charge in [0.1, 0.15) is 10.8 Å². The van der Waals surface area contributed by atoms with E-state index in [1.165, 1.54) is 23.6 Å². The van der Waals surface area contributed by atoms with Crippen LogP contribution in [0.15, 0.2) is 42.6 Å². The van der Waals surface area contributed by atoms with Crippen molar-refractivity contribution >= 4 is 28.1 Å². The molecule has 0 bridgehead atoms. The summed E-state index contributed by atoms with van der Waals surface area (Å²) < 4.78 is 28.4. The van der Waals surface area contributed by atoms with E-state index in [1.807, 2.05) is 24.3 Å². The van der Waals surface area contributed by atoms with Crippen molar-refractivity contribution in [2.24, 2.45) is 0 Å². The van der Waals surface area contributed by atoms with Gasteiger partial charge in [-0.25, -0.2) is 0 Å². The van der Waals surface area contributed by atoms with Crippen LogP contribution in [0.25, 0.3) is 0 Å². The molecule has 0 spiro atoms. The van der Waals surface area contributed by atoms with Gasteiger partial charge in [-0.3, -0.25) is 4.98 Å². The van der Waals surface area contributed by atoms with Crippen molar-refractivity contribution in [1.29, 1.82) is 0 Å². The number of benzene rings is 1. The first-order valence-corrected chi connectivity index (χ1v) is 8.48. The molecule has 1 aromatic carbocycles. The standard InChI is InChI=1S/C16H13ClF2N4OS/c17-11-3-1-10(2-4-11)7-14-22-23-16(25-14)21-8-12-5-6-13(9-20-12)24-15(18)19/h1-6,9,15H,7-8H2,(H,21,23). The van der Waals surface area contributed by atoms with E-state index in [0.29, 0.717) is 28.8 Å². The first-order chi connectivity index (χ1) is 12.1. The first-order valence-electron chi connectivity index (χ1n) is 7.29. The molecule has 2 aromatic heterocycles. The van der Waals surface area contributed by atoms with Crippen molar-refractivity contribution in [3.05, 3.63) is 63.9 Å². The average Bonchev–Trinajstić information content (AvgIpc) is 3.03. The van der Waals surface area contributed by atoms with Gasteiger partial charge >= 0.3 is 6.61 Å². The zero-order chi connectivity index (χ0) is 17.6. The Hall–Kier alpha value is -2.32. The van der Waals surface area contributed by atoms with Crippen LogP contribution in [0, 0.1) is 0 Å². The van der Waals surface area contributed by atoms with Crippen molar-refractivity contribution in [3.63, 3.8) is 0 Å². The summed E-state index contributed by atoms with van der Waals surface area (Å²) in [5.41, 5.74) is 1.78. The van der Waals surface area contributed by atoms with Gasteiger partial charge in [0.15, 0.2) is 0 Å². The van der Waals surface area contributed by atoms with Crippen LogP contribution in [-0.4, -0.2) is 21.8 Å². The smallest absolute Gasteiger partial charge is 0.387 e. The van der Waals surface area contributed by atoms with E-state index < -0.39 is 6.61 Å². The molecule has 3 rings (SSSR count). The molecule has 0 aliphatic rings. The summed E-state index contributed by atoms with van der Waals surface area (Å²) in [7, 11) is 0. The van der Waals surface area contributed by atoms with Crippen LogP contribution in [0.5, 0.6) is 5.75 Å². The van der Waals surface area contributed by atoms with Gasteiger partial charge in [-0.1, -0.05) is 35.1 Å². The van der Waals surface area contributed by atoms with Crippen molar-refractivity contribution in [2.75, 3.05) is 5.32 Å². The average molecular weight is 383 g/mol. The normalized spacial score (nSPS) is 10.9. The maximum atomic E-state index is 12.1. The molecule has 0 atom stereocenters. The highest BCUT2D eigenvalue weighted by Crippen LogP contribution is 2.20. The number of aromatic nitrogens is 3. The molecular formula is C16H13ClF2N4OS. The maximum Gasteiger partial charge on any atom is 0.387 e. The second-order valence-corrected chi connectivity index (χ2v) is 6.52. The number of alkyl halides is 2. The third-order valence-electron chi connectivity index (χ3n) is 3.18. The SMILES string of the molecule is FC(F)Oc1ccc(CNc2nnc(Cc3ccc(Cl)cc3)s2)nc1. The largest absolute Gasteiger partial charge is 0.433 e. The van der Waals surface area contributed by atoms with E-state index in [4.69, 9.17) is 11.6 Å². The van der Waals surface area contributed by atoms with E-state index >= 15 is 0 Å². The van der Waals surface area contributed by atoms with Gasteiger partial charge in [0.25, 0.3) is 0 Å². The Morgan fingerprint density at radius 2 is 1.92 bits per heavy atom. The fourth-order valence-corrected chi connectivity index (χ4v) is 2.92. The Morgan fingerprint density at radius 1 is 1.12 bits per heavy atom. The van der Waals surface area contributed by atoms with E-state index in [9.17, 15) is 8.78 Å². The van der Waals surface area contributed by atoms with E-state index in [2.05, 4.69) is 25.2 Å². The summed E-state index contributed by atoms with van der Waals surface area (Å²) in [6.07, 6.45) is 1.93. The Kier molecular flexibility index (Phi) is 5.72. The maximum absolute atomic E-state index is 12.1. The Morgan fingerprint density at radius 3 is 2.60 bits per heavy atom. The predicted molar refractivity (Wildman–Crippen MR) is 92.4 cm³/mol. The van der Waals surface area contributed by atoms with Gasteiger partial charge in [-0.15, -0.1) is 10.2 Å². The second-order valence-electron chi connectivity index (χ2n) is 5.02. The number of halogens is 3. The lowest BCUT2D eigenvalue weighted by Gasteiger charge is -2.05. The van der Waals surface area contributed by atoms with Crippen LogP contribution in [-0.2, 0) is 13.0 Å². The summed E-state index contributed by atoms with van der Waals surface area (Å²) in [4.78, 5) is 4.05. The van der Waals surface area contributed by atoms with Gasteiger partial charge in [-0.05, 0) is 29.8 Å². The number of hydrogen-bond acceptors (Lipinski definition) is 6. The quantitative estimate of drug-likeness (QED) is 0.656. The highest BCUT2D eigenvalue weighted by Gasteiger charge is 2.07. The van der Waals surface area contributed by atoms with Crippen LogP contribution < -0.4 is 10.1 Å². The van der Waals surface area contributed by atoms with Crippen LogP contribution in [0.1, 0.15) is 16.3 Å². The zero-order valence-electron chi connectivity index (χ0n) is 12.8. The number of pyridine rings is 1. The van der Waals surface area contributed by atoms with Crippen molar-refractivity contribution in [1.82, 2.24) is 15.2 Å². The lowest BCUT2D eigenvalue weighted by atomic mass is 10.2. The van der Waals surface area contributed by atoms with Gasteiger partial charge in [0.2, 0.25) is 5.13 Å². The third kappa shape index (κ3) is 5.33. The Labute approximate surface area is 151 Å². The van der Waals surface area contributed by atoms with Crippen LogP contribution in [0.2, 0.25) is 5.02 Å². The molecule has 0 unspecified atom stereocenters. The molecule has 0 aliphatic carbocycles. The van der Waals surface area contributed by atoms with Crippen LogP contribution in [0.4, 0.5) is 13.9 Å². The number of hydrogen-bond donors (Lipinski definition) is 1. The Bertz CT molecular complexity index is 812. The predicted octanol–water partition coefficient (Wildman–Crippen LogP) is 4.39. The van der Waals surface area contributed by atoms with Crippen molar-refractivity contribution < 1.29 is 13.5 Å². The van der Waals surface area contributed by atoms with Gasteiger partial charge < -0.3 is 10.1 Å². The summed E-state index contributed by atoms with van der Waals surface area (Å²) in [5, 5.41) is 13.6. The number of nitrogens with one attached hydrogen (secondary N) is 1. The fraction of sp³-hybridized carbons (Fsp3) is 0.188. The molecule has 0 radical (unpaired) electrons. The molecule has 2 heterocycles. The minimum absolute atomic E-state index is 0.0277. The summed E-state index contributed by atoms with van der Waals surface area (Å²) in [6.45, 7) is -2.45. The molecular weight excluding hydrogens is 370 g/mol. The van der Waals surface area contributed by atoms with Crippen LogP contribution in [0.3, 0.4) is 0 Å². The fourth-order valence-electron chi connectivity index (χ4n) is 2.03. The van der Waals surface area contributed by atoms with Gasteiger partial charge in [0, 0.05) is 11.4 Å². The number of anilines is 1. The highest BCUT2D eigenvalue weighted by atomic mass is 35.5. The highest BCUT2D eigenvalue weighted by molar-refractivity contribution is 7.15. The van der Waals surface area contributed by atoms with E-state index in [-0.39, 0.29) is 5.75 Å². The molecule has 130 valence electrons. The van der Waals surface area contributed by atoms with Crippen LogP contribution >= 0.6 is 22.9 Å². The third-order valence-corrected chi connectivity index (χ3v) is 4.31. The molecule has 0 saturated carbocycles. The molecule has 0 fully saturated rings. The number of rotatable bonds is 7. The first kappa shape index (κ1) is 17.5. The monoisotopic (exact) mass is 382 g/mol. The molecule has 0 saturated heterocycles. The van der Waals surface area contributed by atoms with Crippen molar-refractivity contribution in [2.45, 2.75) is 19.6 Å². The van der Waals surface area contributed by atoms with Gasteiger partial charge in [-0.2, -0.15) is 8.78 Å². The van der Waals surface area contributed by atoms with Crippen molar-refractivity contribution in [3.8, 4) is 5.75 Å². The Balaban J connectivity index is 1.53. The zero-order valence-corrected chi connectivity index (χ0v) is 14.4. The minimum Gasteiger partial charge on any atom is -0.433 e. The molecule has 5 nitrogen and oxygen atoms in total. The molecule has 3 aromatic rings. The summed E-state index contributed by atoms with van der Waals surface area (Å²) in [6, 6.07) is 10.6. The molecule has 25 heavy (non-hydrogen) atoms. The molecule has 9 heteroatoms. The topological polar surface area (TPSA) is 59.9 Å². The summed E-state index contributed by atoms with van der Waals surface area (Å²) in [5.74, 6) is 0.0277. The second kappa shape index (κ2) is 8.17. The van der Waals surface area contributed by atoms with E-state index in [1.54, 1.807) is 6.07 Å². The number of ether oxygens (including phenoxy) is 1. The lowest BCUT2D eigenvalue weighted by Crippen LogP contribution is -2.04. The molecule has 1 N–H and O–H groups in total. The molecule has 0 aliphatic heterocycles. The summed E-state index contributed by atoms with van der Waals surface area (Å²) >= 11 is 7.31.